The average Bonchev–Trinajstić information content (AvgIpc) is 2.54. The van der Waals surface area contributed by atoms with Crippen molar-refractivity contribution in [1.29, 1.82) is 0 Å². The van der Waals surface area contributed by atoms with E-state index in [9.17, 15) is 10.2 Å². The third-order valence-electron chi connectivity index (χ3n) is 5.87. The first-order valence-corrected chi connectivity index (χ1v) is 9.33. The van der Waals surface area contributed by atoms with Crippen LogP contribution in [0.5, 0.6) is 0 Å². The SMILES string of the molecule is CC1CCC(CO)CN1CCCCN1CC(CO)CCC1C. The number of piperidine rings is 2. The fourth-order valence-corrected chi connectivity index (χ4v) is 4.08. The summed E-state index contributed by atoms with van der Waals surface area (Å²) in [6.45, 7) is 9.83. The van der Waals surface area contributed by atoms with E-state index in [-0.39, 0.29) is 0 Å². The summed E-state index contributed by atoms with van der Waals surface area (Å²) in [5, 5.41) is 18.7. The summed E-state index contributed by atoms with van der Waals surface area (Å²) in [5.74, 6) is 0.979. The summed E-state index contributed by atoms with van der Waals surface area (Å²) in [7, 11) is 0. The molecule has 4 nitrogen and oxygen atoms in total. The first-order chi connectivity index (χ1) is 10.6. The highest BCUT2D eigenvalue weighted by Crippen LogP contribution is 2.23. The summed E-state index contributed by atoms with van der Waals surface area (Å²) in [6.07, 6.45) is 7.31. The summed E-state index contributed by atoms with van der Waals surface area (Å²) in [5.41, 5.74) is 0. The lowest BCUT2D eigenvalue weighted by Crippen LogP contribution is -2.44. The Morgan fingerprint density at radius 1 is 0.727 bits per heavy atom. The molecular formula is C18H36N2O2. The minimum Gasteiger partial charge on any atom is -0.396 e. The van der Waals surface area contributed by atoms with Crippen molar-refractivity contribution >= 4 is 0 Å². The number of aliphatic hydroxyl groups is 2. The Hall–Kier alpha value is -0.160. The summed E-state index contributed by atoms with van der Waals surface area (Å²) in [4.78, 5) is 5.14. The highest BCUT2D eigenvalue weighted by molar-refractivity contribution is 4.80. The van der Waals surface area contributed by atoms with Crippen LogP contribution in [-0.4, -0.2) is 71.5 Å². The molecule has 2 aliphatic rings. The van der Waals surface area contributed by atoms with Crippen LogP contribution in [-0.2, 0) is 0 Å². The van der Waals surface area contributed by atoms with Gasteiger partial charge in [-0.2, -0.15) is 0 Å². The van der Waals surface area contributed by atoms with E-state index in [1.807, 2.05) is 0 Å². The Morgan fingerprint density at radius 2 is 1.14 bits per heavy atom. The molecule has 0 aromatic heterocycles. The molecule has 2 rings (SSSR count). The van der Waals surface area contributed by atoms with Gasteiger partial charge in [0.15, 0.2) is 0 Å². The lowest BCUT2D eigenvalue weighted by molar-refractivity contribution is 0.0707. The Bertz CT molecular complexity index is 283. The second-order valence-corrected chi connectivity index (χ2v) is 7.65. The van der Waals surface area contributed by atoms with Gasteiger partial charge in [0.1, 0.15) is 0 Å². The van der Waals surface area contributed by atoms with E-state index >= 15 is 0 Å². The predicted octanol–water partition coefficient (Wildman–Crippen LogP) is 1.95. The Labute approximate surface area is 136 Å². The third-order valence-corrected chi connectivity index (χ3v) is 5.87. The normalized spacial score (nSPS) is 34.9. The first-order valence-electron chi connectivity index (χ1n) is 9.33. The average molecular weight is 312 g/mol. The van der Waals surface area contributed by atoms with Crippen LogP contribution in [0.15, 0.2) is 0 Å². The van der Waals surface area contributed by atoms with E-state index in [0.717, 1.165) is 13.1 Å². The Kier molecular flexibility index (Phi) is 7.61. The molecule has 2 heterocycles. The lowest BCUT2D eigenvalue weighted by atomic mass is 9.93. The molecule has 0 saturated carbocycles. The molecule has 22 heavy (non-hydrogen) atoms. The molecule has 2 aliphatic heterocycles. The second-order valence-electron chi connectivity index (χ2n) is 7.65. The van der Waals surface area contributed by atoms with E-state index in [2.05, 4.69) is 23.6 Å². The fourth-order valence-electron chi connectivity index (χ4n) is 4.08. The van der Waals surface area contributed by atoms with Gasteiger partial charge in [0.2, 0.25) is 0 Å². The monoisotopic (exact) mass is 312 g/mol. The van der Waals surface area contributed by atoms with Crippen LogP contribution in [0, 0.1) is 11.8 Å². The maximum atomic E-state index is 9.36. The molecule has 0 aromatic rings. The number of likely N-dealkylation sites (tertiary alicyclic amines) is 2. The Morgan fingerprint density at radius 3 is 1.50 bits per heavy atom. The first kappa shape index (κ1) is 18.2. The van der Waals surface area contributed by atoms with Gasteiger partial charge in [0, 0.05) is 38.4 Å². The number of hydrogen-bond acceptors (Lipinski definition) is 4. The van der Waals surface area contributed by atoms with Crippen LogP contribution in [0.4, 0.5) is 0 Å². The van der Waals surface area contributed by atoms with Crippen LogP contribution < -0.4 is 0 Å². The third kappa shape index (κ3) is 5.19. The van der Waals surface area contributed by atoms with E-state index in [0.29, 0.717) is 37.1 Å². The van der Waals surface area contributed by atoms with Crippen molar-refractivity contribution in [2.45, 2.75) is 64.5 Å². The maximum Gasteiger partial charge on any atom is 0.0471 e. The topological polar surface area (TPSA) is 46.9 Å². The molecule has 4 atom stereocenters. The van der Waals surface area contributed by atoms with Gasteiger partial charge < -0.3 is 20.0 Å². The van der Waals surface area contributed by atoms with Crippen LogP contribution in [0.25, 0.3) is 0 Å². The maximum absolute atomic E-state index is 9.36. The molecule has 130 valence electrons. The highest BCUT2D eigenvalue weighted by atomic mass is 16.3. The molecule has 0 aliphatic carbocycles. The van der Waals surface area contributed by atoms with Crippen LogP contribution in [0.3, 0.4) is 0 Å². The zero-order chi connectivity index (χ0) is 15.9. The van der Waals surface area contributed by atoms with E-state index < -0.39 is 0 Å². The molecule has 4 heteroatoms. The molecule has 0 aromatic carbocycles. The molecule has 2 saturated heterocycles. The molecule has 2 N–H and O–H groups in total. The van der Waals surface area contributed by atoms with E-state index in [1.54, 1.807) is 0 Å². The standard InChI is InChI=1S/C18H36N2O2/c1-15-5-7-17(13-21)11-19(15)9-3-4-10-20-12-18(14-22)8-6-16(20)2/h15-18,21-22H,3-14H2,1-2H3. The van der Waals surface area contributed by atoms with E-state index in [1.165, 1.54) is 51.6 Å². The minimum atomic E-state index is 0.344. The number of nitrogens with zero attached hydrogens (tertiary/aromatic N) is 2. The highest BCUT2D eigenvalue weighted by Gasteiger charge is 2.26. The van der Waals surface area contributed by atoms with Gasteiger partial charge in [0.05, 0.1) is 0 Å². The Balaban J connectivity index is 1.65. The van der Waals surface area contributed by atoms with Crippen molar-refractivity contribution in [1.82, 2.24) is 9.80 Å². The van der Waals surface area contributed by atoms with Crippen molar-refractivity contribution in [3.8, 4) is 0 Å². The minimum absolute atomic E-state index is 0.344. The van der Waals surface area contributed by atoms with Gasteiger partial charge in [0.25, 0.3) is 0 Å². The largest absolute Gasteiger partial charge is 0.396 e. The van der Waals surface area contributed by atoms with Crippen molar-refractivity contribution in [2.75, 3.05) is 39.4 Å². The van der Waals surface area contributed by atoms with Gasteiger partial charge in [-0.15, -0.1) is 0 Å². The van der Waals surface area contributed by atoms with E-state index in [4.69, 9.17) is 0 Å². The summed E-state index contributed by atoms with van der Waals surface area (Å²) >= 11 is 0. The van der Waals surface area contributed by atoms with Gasteiger partial charge >= 0.3 is 0 Å². The van der Waals surface area contributed by atoms with Crippen LogP contribution in [0.1, 0.15) is 52.4 Å². The number of rotatable bonds is 7. The number of aliphatic hydroxyl groups excluding tert-OH is 2. The molecule has 0 bridgehead atoms. The fraction of sp³-hybridized carbons (Fsp3) is 1.00. The quantitative estimate of drug-likeness (QED) is 0.706. The molecule has 2 fully saturated rings. The molecule has 0 amide bonds. The van der Waals surface area contributed by atoms with Crippen molar-refractivity contribution in [3.63, 3.8) is 0 Å². The van der Waals surface area contributed by atoms with Crippen LogP contribution >= 0.6 is 0 Å². The van der Waals surface area contributed by atoms with Crippen molar-refractivity contribution in [2.24, 2.45) is 11.8 Å². The van der Waals surface area contributed by atoms with Crippen molar-refractivity contribution < 1.29 is 10.2 Å². The smallest absolute Gasteiger partial charge is 0.0471 e. The summed E-state index contributed by atoms with van der Waals surface area (Å²) in [6, 6.07) is 1.35. The molecule has 0 radical (unpaired) electrons. The zero-order valence-corrected chi connectivity index (χ0v) is 14.6. The van der Waals surface area contributed by atoms with Gasteiger partial charge in [-0.05, 0) is 77.3 Å². The number of hydrogen-bond donors (Lipinski definition) is 2. The number of unbranched alkanes of at least 4 members (excludes halogenated alkanes) is 1. The second kappa shape index (κ2) is 9.21. The lowest BCUT2D eigenvalue weighted by Gasteiger charge is -2.39. The zero-order valence-electron chi connectivity index (χ0n) is 14.6. The molecular weight excluding hydrogens is 276 g/mol. The van der Waals surface area contributed by atoms with Gasteiger partial charge in [-0.3, -0.25) is 0 Å². The van der Waals surface area contributed by atoms with Gasteiger partial charge in [-0.1, -0.05) is 0 Å². The molecule has 0 spiro atoms. The summed E-state index contributed by atoms with van der Waals surface area (Å²) < 4.78 is 0. The van der Waals surface area contributed by atoms with Gasteiger partial charge in [-0.25, -0.2) is 0 Å². The van der Waals surface area contributed by atoms with Crippen molar-refractivity contribution in [3.05, 3.63) is 0 Å². The predicted molar refractivity (Wildman–Crippen MR) is 90.9 cm³/mol. The molecule has 4 unspecified atom stereocenters. The van der Waals surface area contributed by atoms with Crippen LogP contribution in [0.2, 0.25) is 0 Å².